The van der Waals surface area contributed by atoms with Gasteiger partial charge in [-0.1, -0.05) is 30.3 Å². The van der Waals surface area contributed by atoms with Gasteiger partial charge in [-0.3, -0.25) is 19.7 Å². The highest BCUT2D eigenvalue weighted by atomic mass is 16.2. The molecule has 3 aromatic rings. The van der Waals surface area contributed by atoms with Crippen molar-refractivity contribution in [1.29, 1.82) is 0 Å². The van der Waals surface area contributed by atoms with Gasteiger partial charge in [-0.05, 0) is 49.2 Å². The van der Waals surface area contributed by atoms with Crippen LogP contribution < -0.4 is 5.32 Å². The fourth-order valence-corrected chi connectivity index (χ4v) is 3.00. The van der Waals surface area contributed by atoms with Gasteiger partial charge in [-0.2, -0.15) is 0 Å². The Hall–Kier alpha value is -3.05. The van der Waals surface area contributed by atoms with Crippen LogP contribution in [-0.2, 0) is 17.9 Å². The van der Waals surface area contributed by atoms with Crippen LogP contribution in [-0.4, -0.2) is 27.3 Å². The van der Waals surface area contributed by atoms with Gasteiger partial charge < -0.3 is 5.32 Å². The van der Waals surface area contributed by atoms with Gasteiger partial charge >= 0.3 is 0 Å². The Morgan fingerprint density at radius 2 is 1.41 bits per heavy atom. The van der Waals surface area contributed by atoms with E-state index in [1.54, 1.807) is 12.4 Å². The van der Waals surface area contributed by atoms with E-state index >= 15 is 0 Å². The number of carbonyl (C=O) groups excluding carboxylic acids is 1. The maximum Gasteiger partial charge on any atom is 0.238 e. The lowest BCUT2D eigenvalue weighted by Gasteiger charge is -2.22. The fourth-order valence-electron chi connectivity index (χ4n) is 3.00. The van der Waals surface area contributed by atoms with Gasteiger partial charge in [-0.15, -0.1) is 0 Å². The number of para-hydroxylation sites is 1. The first-order valence-electron chi connectivity index (χ1n) is 9.00. The Bertz CT molecular complexity index is 820. The molecule has 0 saturated heterocycles. The van der Waals surface area contributed by atoms with Crippen molar-refractivity contribution in [3.8, 4) is 0 Å². The zero-order valence-corrected chi connectivity index (χ0v) is 15.7. The fraction of sp³-hybridized carbons (Fsp3) is 0.227. The number of anilines is 1. The average molecular weight is 360 g/mol. The van der Waals surface area contributed by atoms with Gasteiger partial charge in [0.25, 0.3) is 0 Å². The molecular weight excluding hydrogens is 336 g/mol. The molecule has 0 aliphatic carbocycles. The minimum absolute atomic E-state index is 0.0423. The van der Waals surface area contributed by atoms with Gasteiger partial charge in [0.2, 0.25) is 5.91 Å². The number of pyridine rings is 2. The third kappa shape index (κ3) is 5.46. The Balaban J connectivity index is 1.72. The SMILES string of the molecule is Cc1cccc(C)c1NC(=O)CN(Cc1ccccn1)Cc1ccccn1. The Kier molecular flexibility index (Phi) is 6.28. The van der Waals surface area contributed by atoms with Crippen LogP contribution >= 0.6 is 0 Å². The molecule has 1 aromatic carbocycles. The maximum atomic E-state index is 12.7. The summed E-state index contributed by atoms with van der Waals surface area (Å²) in [5, 5.41) is 3.06. The highest BCUT2D eigenvalue weighted by Gasteiger charge is 2.15. The van der Waals surface area contributed by atoms with Crippen LogP contribution in [0.5, 0.6) is 0 Å². The molecule has 0 aliphatic rings. The number of benzene rings is 1. The lowest BCUT2D eigenvalue weighted by Crippen LogP contribution is -2.33. The lowest BCUT2D eigenvalue weighted by molar-refractivity contribution is -0.117. The zero-order chi connectivity index (χ0) is 19.1. The summed E-state index contributed by atoms with van der Waals surface area (Å²) in [6, 6.07) is 17.6. The third-order valence-corrected chi connectivity index (χ3v) is 4.34. The summed E-state index contributed by atoms with van der Waals surface area (Å²) in [6.45, 7) is 5.43. The third-order valence-electron chi connectivity index (χ3n) is 4.34. The predicted molar refractivity (Wildman–Crippen MR) is 107 cm³/mol. The number of nitrogens with zero attached hydrogens (tertiary/aromatic N) is 3. The van der Waals surface area contributed by atoms with Crippen LogP contribution in [0.4, 0.5) is 5.69 Å². The highest BCUT2D eigenvalue weighted by Crippen LogP contribution is 2.19. The van der Waals surface area contributed by atoms with Crippen molar-refractivity contribution in [3.63, 3.8) is 0 Å². The van der Waals surface area contributed by atoms with Crippen LogP contribution in [0.2, 0.25) is 0 Å². The van der Waals surface area contributed by atoms with Crippen molar-refractivity contribution >= 4 is 11.6 Å². The van der Waals surface area contributed by atoms with E-state index in [4.69, 9.17) is 0 Å². The van der Waals surface area contributed by atoms with Crippen molar-refractivity contribution < 1.29 is 4.79 Å². The molecule has 1 N–H and O–H groups in total. The summed E-state index contributed by atoms with van der Waals surface area (Å²) < 4.78 is 0. The molecule has 27 heavy (non-hydrogen) atoms. The van der Waals surface area contributed by atoms with Gasteiger partial charge in [0, 0.05) is 31.2 Å². The van der Waals surface area contributed by atoms with E-state index in [0.29, 0.717) is 13.1 Å². The maximum absolute atomic E-state index is 12.7. The normalized spacial score (nSPS) is 10.8. The number of amides is 1. The molecule has 2 aromatic heterocycles. The van der Waals surface area contributed by atoms with E-state index in [1.807, 2.05) is 73.3 Å². The molecular formula is C22H24N4O. The molecule has 0 bridgehead atoms. The largest absolute Gasteiger partial charge is 0.324 e. The molecule has 2 heterocycles. The van der Waals surface area contributed by atoms with Gasteiger partial charge in [-0.25, -0.2) is 0 Å². The molecule has 138 valence electrons. The van der Waals surface area contributed by atoms with Crippen LogP contribution in [0.25, 0.3) is 0 Å². The van der Waals surface area contributed by atoms with Crippen molar-refractivity contribution in [2.24, 2.45) is 0 Å². The first-order valence-corrected chi connectivity index (χ1v) is 9.00. The molecule has 0 spiro atoms. The molecule has 1 amide bonds. The van der Waals surface area contributed by atoms with Gasteiger partial charge in [0.05, 0.1) is 17.9 Å². The standard InChI is InChI=1S/C22H24N4O/c1-17-8-7-9-18(2)22(17)25-21(27)16-26(14-19-10-3-5-12-23-19)15-20-11-4-6-13-24-20/h3-13H,14-16H2,1-2H3,(H,25,27). The monoisotopic (exact) mass is 360 g/mol. The molecule has 0 radical (unpaired) electrons. The topological polar surface area (TPSA) is 58.1 Å². The number of nitrogens with one attached hydrogen (secondary N) is 1. The summed E-state index contributed by atoms with van der Waals surface area (Å²) in [5.74, 6) is -0.0423. The Morgan fingerprint density at radius 1 is 0.852 bits per heavy atom. The number of hydrogen-bond acceptors (Lipinski definition) is 4. The smallest absolute Gasteiger partial charge is 0.238 e. The molecule has 0 unspecified atom stereocenters. The number of hydrogen-bond donors (Lipinski definition) is 1. The number of aromatic nitrogens is 2. The molecule has 0 aliphatic heterocycles. The van der Waals surface area contributed by atoms with Crippen LogP contribution in [0, 0.1) is 13.8 Å². The summed E-state index contributed by atoms with van der Waals surface area (Å²) in [6.07, 6.45) is 3.54. The van der Waals surface area contributed by atoms with Gasteiger partial charge in [0.1, 0.15) is 0 Å². The van der Waals surface area contributed by atoms with E-state index < -0.39 is 0 Å². The first-order chi connectivity index (χ1) is 13.1. The van der Waals surface area contributed by atoms with Crippen molar-refractivity contribution in [2.45, 2.75) is 26.9 Å². The van der Waals surface area contributed by atoms with Crippen LogP contribution in [0.3, 0.4) is 0 Å². The summed E-state index contributed by atoms with van der Waals surface area (Å²) in [4.78, 5) is 23.5. The minimum Gasteiger partial charge on any atom is -0.324 e. The summed E-state index contributed by atoms with van der Waals surface area (Å²) in [7, 11) is 0. The molecule has 5 nitrogen and oxygen atoms in total. The first kappa shape index (κ1) is 18.7. The zero-order valence-electron chi connectivity index (χ0n) is 15.7. The minimum atomic E-state index is -0.0423. The highest BCUT2D eigenvalue weighted by molar-refractivity contribution is 5.93. The molecule has 0 fully saturated rings. The van der Waals surface area contributed by atoms with E-state index in [2.05, 4.69) is 15.3 Å². The van der Waals surface area contributed by atoms with Crippen LogP contribution in [0.1, 0.15) is 22.5 Å². The second-order valence-corrected chi connectivity index (χ2v) is 6.60. The van der Waals surface area contributed by atoms with Crippen LogP contribution in [0.15, 0.2) is 67.0 Å². The molecule has 3 rings (SSSR count). The quantitative estimate of drug-likeness (QED) is 0.697. The van der Waals surface area contributed by atoms with E-state index in [9.17, 15) is 4.79 Å². The second-order valence-electron chi connectivity index (χ2n) is 6.60. The average Bonchev–Trinajstić information content (AvgIpc) is 2.66. The molecule has 0 saturated carbocycles. The Labute approximate surface area is 160 Å². The van der Waals surface area contributed by atoms with E-state index in [1.165, 1.54) is 0 Å². The molecule has 0 atom stereocenters. The lowest BCUT2D eigenvalue weighted by atomic mass is 10.1. The number of rotatable bonds is 7. The predicted octanol–water partition coefficient (Wildman–Crippen LogP) is 3.73. The second kappa shape index (κ2) is 9.05. The summed E-state index contributed by atoms with van der Waals surface area (Å²) >= 11 is 0. The van der Waals surface area contributed by atoms with Crippen molar-refractivity contribution in [2.75, 3.05) is 11.9 Å². The van der Waals surface area contributed by atoms with Crippen molar-refractivity contribution in [3.05, 3.63) is 89.5 Å². The number of aryl methyl sites for hydroxylation is 2. The number of carbonyl (C=O) groups is 1. The molecule has 5 heteroatoms. The van der Waals surface area contributed by atoms with Crippen molar-refractivity contribution in [1.82, 2.24) is 14.9 Å². The van der Waals surface area contributed by atoms with Gasteiger partial charge in [0.15, 0.2) is 0 Å². The summed E-state index contributed by atoms with van der Waals surface area (Å²) in [5.41, 5.74) is 4.86. The Morgan fingerprint density at radius 3 is 1.89 bits per heavy atom. The van der Waals surface area contributed by atoms with E-state index in [-0.39, 0.29) is 12.5 Å². The van der Waals surface area contributed by atoms with E-state index in [0.717, 1.165) is 28.2 Å².